The van der Waals surface area contributed by atoms with E-state index in [1.807, 2.05) is 0 Å². The average Bonchev–Trinajstić information content (AvgIpc) is 3.40. The number of hydrogen-bond acceptors (Lipinski definition) is 6. The van der Waals surface area contributed by atoms with E-state index in [1.54, 1.807) is 0 Å². The molecule has 1 unspecified atom stereocenters. The molecule has 0 radical (unpaired) electrons. The fourth-order valence-corrected chi connectivity index (χ4v) is 8.90. The van der Waals surface area contributed by atoms with Gasteiger partial charge in [-0.2, -0.15) is 0 Å². The molecule has 0 aliphatic heterocycles. The summed E-state index contributed by atoms with van der Waals surface area (Å²) in [5, 5.41) is 0. The van der Waals surface area contributed by atoms with E-state index in [-0.39, 0.29) is 31.1 Å². The van der Waals surface area contributed by atoms with E-state index < -0.39 is 6.10 Å². The van der Waals surface area contributed by atoms with Crippen molar-refractivity contribution in [3.63, 3.8) is 0 Å². The van der Waals surface area contributed by atoms with Crippen molar-refractivity contribution < 1.29 is 28.6 Å². The third-order valence-electron chi connectivity index (χ3n) is 13.6. The van der Waals surface area contributed by atoms with Gasteiger partial charge in [-0.1, -0.05) is 286 Å². The summed E-state index contributed by atoms with van der Waals surface area (Å²) in [6.45, 7) is 6.48. The van der Waals surface area contributed by atoms with Crippen LogP contribution in [0.15, 0.2) is 85.1 Å². The van der Waals surface area contributed by atoms with Crippen molar-refractivity contribution in [1.29, 1.82) is 0 Å². The fraction of sp³-hybridized carbons (Fsp3) is 0.750. The molecule has 0 saturated carbocycles. The summed E-state index contributed by atoms with van der Waals surface area (Å²) >= 11 is 0. The van der Waals surface area contributed by atoms with Crippen LogP contribution in [0.2, 0.25) is 0 Å². The van der Waals surface area contributed by atoms with Crippen molar-refractivity contribution in [1.82, 2.24) is 0 Å². The summed E-state index contributed by atoms with van der Waals surface area (Å²) in [6, 6.07) is 0. The van der Waals surface area contributed by atoms with Crippen molar-refractivity contribution in [3.05, 3.63) is 85.1 Å². The number of unbranched alkanes of at least 4 members (excludes halogenated alkanes) is 32. The van der Waals surface area contributed by atoms with Gasteiger partial charge in [0, 0.05) is 19.3 Å². The molecule has 0 aliphatic carbocycles. The van der Waals surface area contributed by atoms with Gasteiger partial charge in [0.15, 0.2) is 6.10 Å². The number of hydrogen-bond donors (Lipinski definition) is 0. The number of esters is 3. The minimum atomic E-state index is -0.779. The second-order valence-corrected chi connectivity index (χ2v) is 20.9. The highest BCUT2D eigenvalue weighted by atomic mass is 16.6. The maximum Gasteiger partial charge on any atom is 0.306 e. The maximum absolute atomic E-state index is 12.8. The first kappa shape index (κ1) is 70.6. The summed E-state index contributed by atoms with van der Waals surface area (Å²) in [6.07, 6.45) is 81.8. The lowest BCUT2D eigenvalue weighted by atomic mass is 10.0. The van der Waals surface area contributed by atoms with Crippen LogP contribution in [0.25, 0.3) is 0 Å². The minimum absolute atomic E-state index is 0.0777. The summed E-state index contributed by atoms with van der Waals surface area (Å²) in [4.78, 5) is 38.1. The quantitative estimate of drug-likeness (QED) is 0.0261. The zero-order valence-electron chi connectivity index (χ0n) is 48.8. The highest BCUT2D eigenvalue weighted by Crippen LogP contribution is 2.17. The van der Waals surface area contributed by atoms with Crippen molar-refractivity contribution in [2.45, 2.75) is 316 Å². The van der Waals surface area contributed by atoms with Gasteiger partial charge in [0.2, 0.25) is 0 Å². The van der Waals surface area contributed by atoms with E-state index in [0.717, 1.165) is 116 Å². The largest absolute Gasteiger partial charge is 0.462 e. The van der Waals surface area contributed by atoms with Gasteiger partial charge in [0.25, 0.3) is 0 Å². The van der Waals surface area contributed by atoms with Crippen molar-refractivity contribution in [2.75, 3.05) is 13.2 Å². The number of carbonyl (C=O) groups excluding carboxylic acids is 3. The van der Waals surface area contributed by atoms with Crippen LogP contribution in [-0.4, -0.2) is 37.2 Å². The van der Waals surface area contributed by atoms with Crippen LogP contribution in [-0.2, 0) is 28.6 Å². The first-order valence-corrected chi connectivity index (χ1v) is 31.6. The molecule has 0 spiro atoms. The Bertz CT molecular complexity index is 1420. The number of allylic oxidation sites excluding steroid dienone is 14. The Balaban J connectivity index is 4.06. The Morgan fingerprint density at radius 2 is 0.541 bits per heavy atom. The van der Waals surface area contributed by atoms with Gasteiger partial charge in [-0.05, 0) is 89.9 Å². The van der Waals surface area contributed by atoms with Crippen LogP contribution in [0.4, 0.5) is 0 Å². The summed E-state index contributed by atoms with van der Waals surface area (Å²) in [5.41, 5.74) is 0. The molecule has 0 fully saturated rings. The predicted octanol–water partition coefficient (Wildman–Crippen LogP) is 21.5. The average molecular weight is 1030 g/mol. The second kappa shape index (κ2) is 62.1. The molecular weight excluding hydrogens is 913 g/mol. The molecule has 0 aromatic rings. The van der Waals surface area contributed by atoms with Gasteiger partial charge in [-0.25, -0.2) is 0 Å². The van der Waals surface area contributed by atoms with E-state index in [0.29, 0.717) is 19.3 Å². The molecule has 0 N–H and O–H groups in total. The molecule has 0 bridgehead atoms. The Kier molecular flexibility index (Phi) is 59.3. The zero-order chi connectivity index (χ0) is 53.6. The van der Waals surface area contributed by atoms with E-state index in [2.05, 4.69) is 106 Å². The van der Waals surface area contributed by atoms with Crippen LogP contribution in [0.5, 0.6) is 0 Å². The molecule has 6 nitrogen and oxygen atoms in total. The molecule has 0 aromatic heterocycles. The third kappa shape index (κ3) is 59.5. The highest BCUT2D eigenvalue weighted by Gasteiger charge is 2.19. The van der Waals surface area contributed by atoms with E-state index in [1.165, 1.54) is 154 Å². The lowest BCUT2D eigenvalue weighted by molar-refractivity contribution is -0.167. The molecule has 0 heterocycles. The Morgan fingerprint density at radius 1 is 0.284 bits per heavy atom. The molecule has 0 rings (SSSR count). The van der Waals surface area contributed by atoms with Crippen molar-refractivity contribution in [3.8, 4) is 0 Å². The summed E-state index contributed by atoms with van der Waals surface area (Å²) < 4.78 is 16.8. The number of carbonyl (C=O) groups is 3. The Labute approximate surface area is 458 Å². The van der Waals surface area contributed by atoms with Gasteiger partial charge in [-0.3, -0.25) is 14.4 Å². The molecule has 1 atom stereocenters. The molecule has 0 amide bonds. The molecule has 0 saturated heterocycles. The zero-order valence-corrected chi connectivity index (χ0v) is 48.8. The first-order valence-electron chi connectivity index (χ1n) is 31.6. The number of ether oxygens (including phenoxy) is 3. The van der Waals surface area contributed by atoms with Crippen LogP contribution in [0.1, 0.15) is 310 Å². The lowest BCUT2D eigenvalue weighted by Gasteiger charge is -2.18. The van der Waals surface area contributed by atoms with Gasteiger partial charge >= 0.3 is 17.9 Å². The fourth-order valence-electron chi connectivity index (χ4n) is 8.90. The second-order valence-electron chi connectivity index (χ2n) is 20.9. The standard InChI is InChI=1S/C68H118O6/c1-4-7-10-13-16-19-21-23-25-26-27-28-29-30-31-32-33-34-35-36-37-38-39-40-41-42-43-45-46-49-52-55-58-61-67(70)73-64-65(63-72-66(69)60-57-54-51-48-18-15-12-9-6-3)74-68(71)62-59-56-53-50-47-44-24-22-20-17-14-11-8-5-2/h7,10,14,16-17,19,22-25,27-28,30-31,65H,4-6,8-9,11-13,15,18,20-21,26,29,32-64H2,1-3H3/b10-7-,17-14-,19-16-,24-22-,25-23-,28-27-,31-30-. The highest BCUT2D eigenvalue weighted by molar-refractivity contribution is 5.71. The van der Waals surface area contributed by atoms with Gasteiger partial charge < -0.3 is 14.2 Å². The Morgan fingerprint density at radius 3 is 0.865 bits per heavy atom. The third-order valence-corrected chi connectivity index (χ3v) is 13.6. The van der Waals surface area contributed by atoms with Gasteiger partial charge in [-0.15, -0.1) is 0 Å². The molecule has 74 heavy (non-hydrogen) atoms. The normalized spacial score (nSPS) is 12.6. The summed E-state index contributed by atoms with van der Waals surface area (Å²) in [5.74, 6) is -0.884. The molecule has 0 aliphatic rings. The van der Waals surface area contributed by atoms with E-state index >= 15 is 0 Å². The first-order chi connectivity index (χ1) is 36.5. The minimum Gasteiger partial charge on any atom is -0.462 e. The topological polar surface area (TPSA) is 78.9 Å². The lowest BCUT2D eigenvalue weighted by Crippen LogP contribution is -2.30. The SMILES string of the molecule is CC/C=C\C/C=C\C/C=C\C/C=C\C/C=C\CCCCCCCCCCCCCCCCCCCC(=O)OCC(COC(=O)CCCCCCCCCCC)OC(=O)CCCCCCC/C=C\C/C=C\CCCC. The van der Waals surface area contributed by atoms with Crippen LogP contribution >= 0.6 is 0 Å². The summed E-state index contributed by atoms with van der Waals surface area (Å²) in [7, 11) is 0. The van der Waals surface area contributed by atoms with Crippen molar-refractivity contribution in [2.24, 2.45) is 0 Å². The molecule has 0 aromatic carbocycles. The maximum atomic E-state index is 12.8. The van der Waals surface area contributed by atoms with Gasteiger partial charge in [0.1, 0.15) is 13.2 Å². The van der Waals surface area contributed by atoms with E-state index in [4.69, 9.17) is 14.2 Å². The van der Waals surface area contributed by atoms with Gasteiger partial charge in [0.05, 0.1) is 0 Å². The Hall–Kier alpha value is -3.41. The van der Waals surface area contributed by atoms with Crippen LogP contribution in [0, 0.1) is 0 Å². The number of rotatable bonds is 57. The molecular formula is C68H118O6. The van der Waals surface area contributed by atoms with Crippen LogP contribution in [0.3, 0.4) is 0 Å². The monoisotopic (exact) mass is 1030 g/mol. The van der Waals surface area contributed by atoms with Crippen molar-refractivity contribution >= 4 is 17.9 Å². The smallest absolute Gasteiger partial charge is 0.306 e. The molecule has 426 valence electrons. The molecule has 6 heteroatoms. The van der Waals surface area contributed by atoms with E-state index in [9.17, 15) is 14.4 Å². The van der Waals surface area contributed by atoms with Crippen LogP contribution < -0.4 is 0 Å². The predicted molar refractivity (Wildman–Crippen MR) is 321 cm³/mol.